The van der Waals surface area contributed by atoms with Crippen LogP contribution in [0.4, 0.5) is 10.5 Å². The molecular formula is C19H20ClN5O4. The highest BCUT2D eigenvalue weighted by atomic mass is 35.5. The average molecular weight is 418 g/mol. The van der Waals surface area contributed by atoms with Gasteiger partial charge in [-0.05, 0) is 26.0 Å². The molecule has 10 heteroatoms. The Morgan fingerprint density at radius 3 is 2.69 bits per heavy atom. The summed E-state index contributed by atoms with van der Waals surface area (Å²) in [5, 5.41) is 0.541. The van der Waals surface area contributed by atoms with Gasteiger partial charge >= 0.3 is 12.0 Å². The Hall–Kier alpha value is -3.07. The lowest BCUT2D eigenvalue weighted by Crippen LogP contribution is -2.65. The highest BCUT2D eigenvalue weighted by Crippen LogP contribution is 2.38. The van der Waals surface area contributed by atoms with E-state index in [0.717, 1.165) is 16.3 Å². The van der Waals surface area contributed by atoms with Gasteiger partial charge in [0.2, 0.25) is 5.96 Å². The van der Waals surface area contributed by atoms with Crippen molar-refractivity contribution in [2.45, 2.75) is 26.1 Å². The van der Waals surface area contributed by atoms with E-state index >= 15 is 0 Å². The second-order valence-corrected chi connectivity index (χ2v) is 7.28. The molecule has 2 unspecified atom stereocenters. The van der Waals surface area contributed by atoms with Crippen LogP contribution in [-0.2, 0) is 14.3 Å². The fraction of sp³-hybridized carbons (Fsp3) is 0.368. The lowest BCUT2D eigenvalue weighted by atomic mass is 10.1. The predicted octanol–water partition coefficient (Wildman–Crippen LogP) is 1.84. The third kappa shape index (κ3) is 2.93. The largest absolute Gasteiger partial charge is 0.465 e. The standard InChI is InChI=1S/C19H20ClN5O4/c1-4-29-14(26)10-24-17(27)15-16(22(3)19(24)28)21-18-23(15)9-11(2)25(18)13-8-6-5-7-12(13)20/h5-9,15-16H,4,10H2,1-3H3. The summed E-state index contributed by atoms with van der Waals surface area (Å²) < 4.78 is 4.90. The number of halogens is 1. The maximum absolute atomic E-state index is 13.1. The summed E-state index contributed by atoms with van der Waals surface area (Å²) in [6, 6.07) is 5.98. The van der Waals surface area contributed by atoms with Crippen molar-refractivity contribution in [2.24, 2.45) is 4.99 Å². The molecule has 29 heavy (non-hydrogen) atoms. The van der Waals surface area contributed by atoms with Gasteiger partial charge in [0.05, 0.1) is 17.3 Å². The number of carbonyl (C=O) groups excluding carboxylic acids is 3. The molecular weight excluding hydrogens is 398 g/mol. The van der Waals surface area contributed by atoms with Crippen molar-refractivity contribution in [2.75, 3.05) is 25.1 Å². The zero-order valence-electron chi connectivity index (χ0n) is 16.2. The summed E-state index contributed by atoms with van der Waals surface area (Å²) >= 11 is 6.37. The fourth-order valence-electron chi connectivity index (χ4n) is 3.77. The van der Waals surface area contributed by atoms with E-state index in [0.29, 0.717) is 11.0 Å². The summed E-state index contributed by atoms with van der Waals surface area (Å²) in [5.74, 6) is -0.613. The van der Waals surface area contributed by atoms with E-state index in [1.807, 2.05) is 30.0 Å². The number of rotatable bonds is 4. The summed E-state index contributed by atoms with van der Waals surface area (Å²) in [4.78, 5) is 48.2. The van der Waals surface area contributed by atoms with Crippen molar-refractivity contribution in [3.8, 4) is 0 Å². The summed E-state index contributed by atoms with van der Waals surface area (Å²) in [6.45, 7) is 3.29. The van der Waals surface area contributed by atoms with Crippen LogP contribution in [0.1, 0.15) is 13.8 Å². The Labute approximate surface area is 172 Å². The Morgan fingerprint density at radius 2 is 2.00 bits per heavy atom. The van der Waals surface area contributed by atoms with E-state index in [1.54, 1.807) is 31.1 Å². The predicted molar refractivity (Wildman–Crippen MR) is 106 cm³/mol. The number of aliphatic imine (C=N–C) groups is 1. The van der Waals surface area contributed by atoms with Gasteiger partial charge in [0.15, 0.2) is 12.2 Å². The van der Waals surface area contributed by atoms with Gasteiger partial charge in [0, 0.05) is 18.9 Å². The van der Waals surface area contributed by atoms with Crippen molar-refractivity contribution in [1.82, 2.24) is 14.7 Å². The van der Waals surface area contributed by atoms with E-state index in [1.165, 1.54) is 4.90 Å². The zero-order chi connectivity index (χ0) is 20.9. The van der Waals surface area contributed by atoms with Crippen molar-refractivity contribution in [1.29, 1.82) is 0 Å². The number of likely N-dealkylation sites (N-methyl/N-ethyl adjacent to an activating group) is 1. The molecule has 3 heterocycles. The molecule has 0 aromatic heterocycles. The second kappa shape index (κ2) is 7.07. The number of amides is 3. The number of benzene rings is 1. The first-order valence-corrected chi connectivity index (χ1v) is 9.56. The van der Waals surface area contributed by atoms with Crippen LogP contribution in [0, 0.1) is 0 Å². The number of allylic oxidation sites excluding steroid dienone is 1. The number of carbonyl (C=O) groups is 3. The second-order valence-electron chi connectivity index (χ2n) is 6.88. The van der Waals surface area contributed by atoms with Gasteiger partial charge in [-0.15, -0.1) is 0 Å². The molecule has 2 atom stereocenters. The molecule has 1 saturated heterocycles. The molecule has 3 aliphatic rings. The molecule has 0 spiro atoms. The highest BCUT2D eigenvalue weighted by molar-refractivity contribution is 6.34. The van der Waals surface area contributed by atoms with Crippen molar-refractivity contribution < 1.29 is 19.1 Å². The van der Waals surface area contributed by atoms with Gasteiger partial charge in [-0.25, -0.2) is 9.79 Å². The summed E-state index contributed by atoms with van der Waals surface area (Å²) in [6.07, 6.45) is 1.11. The number of fused-ring (bicyclic) bond motifs is 3. The molecule has 0 aliphatic carbocycles. The highest BCUT2D eigenvalue weighted by Gasteiger charge is 2.54. The van der Waals surface area contributed by atoms with Crippen LogP contribution in [0.2, 0.25) is 5.02 Å². The molecule has 1 aromatic carbocycles. The van der Waals surface area contributed by atoms with Gasteiger partial charge < -0.3 is 14.5 Å². The Balaban J connectivity index is 1.68. The third-order valence-electron chi connectivity index (χ3n) is 5.07. The summed E-state index contributed by atoms with van der Waals surface area (Å²) in [7, 11) is 1.56. The Kier molecular flexibility index (Phi) is 4.70. The van der Waals surface area contributed by atoms with Gasteiger partial charge in [-0.1, -0.05) is 23.7 Å². The lowest BCUT2D eigenvalue weighted by Gasteiger charge is -2.39. The monoisotopic (exact) mass is 417 g/mol. The van der Waals surface area contributed by atoms with Crippen LogP contribution in [0.15, 0.2) is 41.2 Å². The van der Waals surface area contributed by atoms with E-state index < -0.39 is 36.7 Å². The Morgan fingerprint density at radius 1 is 1.28 bits per heavy atom. The molecule has 3 aliphatic heterocycles. The van der Waals surface area contributed by atoms with Crippen molar-refractivity contribution in [3.63, 3.8) is 0 Å². The van der Waals surface area contributed by atoms with E-state index in [-0.39, 0.29) is 6.61 Å². The zero-order valence-corrected chi connectivity index (χ0v) is 17.0. The molecule has 0 saturated carbocycles. The number of hydrogen-bond donors (Lipinski definition) is 0. The van der Waals surface area contributed by atoms with Gasteiger partial charge in [-0.2, -0.15) is 0 Å². The number of nitrogens with zero attached hydrogens (tertiary/aromatic N) is 5. The van der Waals surface area contributed by atoms with Crippen LogP contribution in [0.5, 0.6) is 0 Å². The number of urea groups is 1. The first-order valence-electron chi connectivity index (χ1n) is 9.18. The minimum absolute atomic E-state index is 0.172. The smallest absolute Gasteiger partial charge is 0.328 e. The van der Waals surface area contributed by atoms with Gasteiger partial charge in [-0.3, -0.25) is 19.4 Å². The van der Waals surface area contributed by atoms with Gasteiger partial charge in [0.25, 0.3) is 5.91 Å². The van der Waals surface area contributed by atoms with Crippen molar-refractivity contribution in [3.05, 3.63) is 41.2 Å². The number of guanidine groups is 1. The minimum atomic E-state index is -0.760. The Bertz CT molecular complexity index is 962. The maximum atomic E-state index is 13.1. The minimum Gasteiger partial charge on any atom is -0.465 e. The van der Waals surface area contributed by atoms with E-state index in [4.69, 9.17) is 16.3 Å². The summed E-state index contributed by atoms with van der Waals surface area (Å²) in [5.41, 5.74) is 1.56. The first kappa shape index (κ1) is 19.3. The van der Waals surface area contributed by atoms with Crippen LogP contribution in [-0.4, -0.2) is 71.0 Å². The quantitative estimate of drug-likeness (QED) is 0.695. The number of hydrogen-bond acceptors (Lipinski definition) is 7. The molecule has 3 amide bonds. The molecule has 4 rings (SSSR count). The molecule has 9 nitrogen and oxygen atoms in total. The topological polar surface area (TPSA) is 85.8 Å². The molecule has 0 N–H and O–H groups in total. The average Bonchev–Trinajstić information content (AvgIpc) is 3.19. The number of imide groups is 1. The lowest BCUT2D eigenvalue weighted by molar-refractivity contribution is -0.150. The van der Waals surface area contributed by atoms with E-state index in [2.05, 4.69) is 4.99 Å². The van der Waals surface area contributed by atoms with Crippen molar-refractivity contribution >= 4 is 41.2 Å². The number of para-hydroxylation sites is 1. The molecule has 1 aromatic rings. The van der Waals surface area contributed by atoms with Crippen LogP contribution < -0.4 is 4.90 Å². The number of anilines is 1. The SMILES string of the molecule is CCOC(=O)CN1C(=O)C2C(N=C3N(c4ccccc4Cl)C(C)=CN32)N(C)C1=O. The van der Waals surface area contributed by atoms with E-state index in [9.17, 15) is 14.4 Å². The maximum Gasteiger partial charge on any atom is 0.328 e. The molecule has 0 radical (unpaired) electrons. The molecule has 1 fully saturated rings. The number of ether oxygens (including phenoxy) is 1. The van der Waals surface area contributed by atoms with Crippen LogP contribution >= 0.6 is 11.6 Å². The van der Waals surface area contributed by atoms with Crippen LogP contribution in [0.3, 0.4) is 0 Å². The molecule has 0 bridgehead atoms. The molecule has 152 valence electrons. The normalized spacial score (nSPS) is 23.2. The first-order chi connectivity index (χ1) is 13.8. The third-order valence-corrected chi connectivity index (χ3v) is 5.39. The number of esters is 1. The van der Waals surface area contributed by atoms with Gasteiger partial charge in [0.1, 0.15) is 6.54 Å². The fourth-order valence-corrected chi connectivity index (χ4v) is 3.99. The van der Waals surface area contributed by atoms with Crippen LogP contribution in [0.25, 0.3) is 0 Å².